The van der Waals surface area contributed by atoms with Gasteiger partial charge in [0.2, 0.25) is 5.91 Å². The van der Waals surface area contributed by atoms with E-state index in [1.165, 1.54) is 6.92 Å². The van der Waals surface area contributed by atoms with Crippen LogP contribution >= 0.6 is 11.6 Å². The maximum absolute atomic E-state index is 12.8. The van der Waals surface area contributed by atoms with Crippen LogP contribution in [-0.4, -0.2) is 27.5 Å². The van der Waals surface area contributed by atoms with E-state index in [2.05, 4.69) is 15.7 Å². The van der Waals surface area contributed by atoms with Gasteiger partial charge in [-0.3, -0.25) is 14.4 Å². The van der Waals surface area contributed by atoms with Gasteiger partial charge in [0.05, 0.1) is 22.0 Å². The summed E-state index contributed by atoms with van der Waals surface area (Å²) in [5.41, 5.74) is 11.6. The van der Waals surface area contributed by atoms with Gasteiger partial charge in [0.15, 0.2) is 5.69 Å². The Bertz CT molecular complexity index is 1530. The number of amides is 3. The Kier molecular flexibility index (Phi) is 6.03. The van der Waals surface area contributed by atoms with Crippen LogP contribution in [0.2, 0.25) is 5.02 Å². The van der Waals surface area contributed by atoms with Crippen molar-refractivity contribution in [2.75, 3.05) is 10.6 Å². The van der Waals surface area contributed by atoms with Gasteiger partial charge in [0, 0.05) is 29.4 Å². The van der Waals surface area contributed by atoms with Crippen LogP contribution in [0, 0.1) is 0 Å². The summed E-state index contributed by atoms with van der Waals surface area (Å²) in [5, 5.41) is 10.6. The number of aryl methyl sites for hydroxylation is 1. The van der Waals surface area contributed by atoms with Gasteiger partial charge in [-0.2, -0.15) is 5.10 Å². The normalized spacial score (nSPS) is 11.8. The van der Waals surface area contributed by atoms with Crippen LogP contribution in [0.25, 0.3) is 16.9 Å². The van der Waals surface area contributed by atoms with Crippen molar-refractivity contribution in [3.8, 4) is 16.9 Å². The van der Waals surface area contributed by atoms with E-state index in [0.717, 1.165) is 22.4 Å². The molecule has 36 heavy (non-hydrogen) atoms. The summed E-state index contributed by atoms with van der Waals surface area (Å²) in [6, 6.07) is 19.7. The SMILES string of the molecule is CC(=O)Nc1ccc(-n2nc(C(N)=O)c3c2-c2cc(NC(=O)c4ccccc4Cl)ccc2CC3)cc1. The minimum atomic E-state index is -0.605. The van der Waals surface area contributed by atoms with Gasteiger partial charge in [0.1, 0.15) is 0 Å². The number of carbonyl (C=O) groups excluding carboxylic acids is 3. The number of hydrogen-bond donors (Lipinski definition) is 3. The van der Waals surface area contributed by atoms with E-state index in [4.69, 9.17) is 17.3 Å². The summed E-state index contributed by atoms with van der Waals surface area (Å²) in [4.78, 5) is 36.4. The minimum Gasteiger partial charge on any atom is -0.364 e. The third-order valence-corrected chi connectivity index (χ3v) is 6.36. The number of aromatic nitrogens is 2. The Balaban J connectivity index is 1.57. The molecule has 4 aromatic rings. The van der Waals surface area contributed by atoms with Gasteiger partial charge in [-0.1, -0.05) is 29.8 Å². The second kappa shape index (κ2) is 9.31. The number of anilines is 2. The molecule has 8 nitrogen and oxygen atoms in total. The smallest absolute Gasteiger partial charge is 0.269 e. The molecule has 0 unspecified atom stereocenters. The molecule has 0 radical (unpaired) electrons. The highest BCUT2D eigenvalue weighted by Gasteiger charge is 2.28. The van der Waals surface area contributed by atoms with Crippen LogP contribution in [0.4, 0.5) is 11.4 Å². The molecule has 3 aromatic carbocycles. The number of rotatable bonds is 5. The quantitative estimate of drug-likeness (QED) is 0.371. The first kappa shape index (κ1) is 23.3. The molecule has 0 bridgehead atoms. The zero-order chi connectivity index (χ0) is 25.4. The molecule has 1 aromatic heterocycles. The van der Waals surface area contributed by atoms with Crippen molar-refractivity contribution in [3.63, 3.8) is 0 Å². The Morgan fingerprint density at radius 2 is 1.67 bits per heavy atom. The van der Waals surface area contributed by atoms with Crippen LogP contribution in [-0.2, 0) is 17.6 Å². The lowest BCUT2D eigenvalue weighted by atomic mass is 9.88. The summed E-state index contributed by atoms with van der Waals surface area (Å²) in [7, 11) is 0. The highest BCUT2D eigenvalue weighted by atomic mass is 35.5. The molecule has 0 saturated heterocycles. The zero-order valence-corrected chi connectivity index (χ0v) is 20.1. The van der Waals surface area contributed by atoms with E-state index >= 15 is 0 Å². The summed E-state index contributed by atoms with van der Waals surface area (Å²) >= 11 is 6.19. The first-order valence-electron chi connectivity index (χ1n) is 11.3. The summed E-state index contributed by atoms with van der Waals surface area (Å²) in [5.74, 6) is -1.10. The molecule has 4 N–H and O–H groups in total. The fraction of sp³-hybridized carbons (Fsp3) is 0.111. The fourth-order valence-electron chi connectivity index (χ4n) is 4.43. The highest BCUT2D eigenvalue weighted by molar-refractivity contribution is 6.34. The lowest BCUT2D eigenvalue weighted by molar-refractivity contribution is -0.114. The van der Waals surface area contributed by atoms with E-state index in [9.17, 15) is 14.4 Å². The summed E-state index contributed by atoms with van der Waals surface area (Å²) in [6.45, 7) is 1.44. The molecule has 0 fully saturated rings. The van der Waals surface area contributed by atoms with Crippen molar-refractivity contribution in [1.82, 2.24) is 9.78 Å². The molecule has 0 atom stereocenters. The van der Waals surface area contributed by atoms with Crippen molar-refractivity contribution in [2.24, 2.45) is 5.73 Å². The standard InChI is InChI=1S/C27H22ClN5O3/c1-15(34)30-17-9-11-19(12-10-17)33-25-21(24(32-33)26(29)35)13-7-16-6-8-18(14-22(16)25)31-27(36)20-4-2-3-5-23(20)28/h2-6,8-12,14H,7,13H2,1H3,(H2,29,35)(H,30,34)(H,31,36). The molecule has 1 heterocycles. The zero-order valence-electron chi connectivity index (χ0n) is 19.3. The van der Waals surface area contributed by atoms with Gasteiger partial charge in [0.25, 0.3) is 11.8 Å². The van der Waals surface area contributed by atoms with Crippen LogP contribution in [0.5, 0.6) is 0 Å². The summed E-state index contributed by atoms with van der Waals surface area (Å²) in [6.07, 6.45) is 1.31. The number of benzene rings is 3. The van der Waals surface area contributed by atoms with Gasteiger partial charge in [-0.15, -0.1) is 0 Å². The monoisotopic (exact) mass is 499 g/mol. The first-order chi connectivity index (χ1) is 17.3. The van der Waals surface area contributed by atoms with Crippen LogP contribution < -0.4 is 16.4 Å². The largest absolute Gasteiger partial charge is 0.364 e. The molecule has 9 heteroatoms. The highest BCUT2D eigenvalue weighted by Crippen LogP contribution is 2.38. The van der Waals surface area contributed by atoms with Crippen molar-refractivity contribution in [2.45, 2.75) is 19.8 Å². The third-order valence-electron chi connectivity index (χ3n) is 6.03. The van der Waals surface area contributed by atoms with E-state index in [0.29, 0.717) is 40.5 Å². The third kappa shape index (κ3) is 4.34. The maximum atomic E-state index is 12.8. The molecule has 1 aliphatic rings. The number of fused-ring (bicyclic) bond motifs is 3. The first-order valence-corrected chi connectivity index (χ1v) is 11.7. The van der Waals surface area contributed by atoms with E-state index in [1.807, 2.05) is 18.2 Å². The number of primary amides is 1. The van der Waals surface area contributed by atoms with E-state index in [1.54, 1.807) is 53.2 Å². The topological polar surface area (TPSA) is 119 Å². The molecule has 3 amide bonds. The lowest BCUT2D eigenvalue weighted by Gasteiger charge is -2.20. The number of carbonyl (C=O) groups is 3. The van der Waals surface area contributed by atoms with E-state index < -0.39 is 5.91 Å². The van der Waals surface area contributed by atoms with Crippen molar-refractivity contribution < 1.29 is 14.4 Å². The van der Waals surface area contributed by atoms with Gasteiger partial charge in [-0.25, -0.2) is 4.68 Å². The molecule has 180 valence electrons. The molecule has 1 aliphatic carbocycles. The molecule has 0 aliphatic heterocycles. The number of nitrogens with zero attached hydrogens (tertiary/aromatic N) is 2. The van der Waals surface area contributed by atoms with Crippen LogP contribution in [0.15, 0.2) is 66.7 Å². The number of halogens is 1. The molecule has 0 spiro atoms. The minimum absolute atomic E-state index is 0.171. The number of nitrogens with two attached hydrogens (primary N) is 1. The number of hydrogen-bond acceptors (Lipinski definition) is 4. The lowest BCUT2D eigenvalue weighted by Crippen LogP contribution is -2.15. The maximum Gasteiger partial charge on any atom is 0.269 e. The van der Waals surface area contributed by atoms with Gasteiger partial charge >= 0.3 is 0 Å². The van der Waals surface area contributed by atoms with Crippen molar-refractivity contribution in [1.29, 1.82) is 0 Å². The Morgan fingerprint density at radius 3 is 2.36 bits per heavy atom. The average Bonchev–Trinajstić information content (AvgIpc) is 3.25. The van der Waals surface area contributed by atoms with Crippen LogP contribution in [0.3, 0.4) is 0 Å². The average molecular weight is 500 g/mol. The molecular weight excluding hydrogens is 478 g/mol. The Hall–Kier alpha value is -4.43. The summed E-state index contributed by atoms with van der Waals surface area (Å²) < 4.78 is 1.69. The predicted molar refractivity (Wildman–Crippen MR) is 139 cm³/mol. The van der Waals surface area contributed by atoms with Crippen LogP contribution in [0.1, 0.15) is 38.9 Å². The molecule has 5 rings (SSSR count). The van der Waals surface area contributed by atoms with E-state index in [-0.39, 0.29) is 17.5 Å². The van der Waals surface area contributed by atoms with Crippen molar-refractivity contribution in [3.05, 3.63) is 94.1 Å². The number of nitrogens with one attached hydrogen (secondary N) is 2. The molecule has 0 saturated carbocycles. The second-order valence-electron chi connectivity index (χ2n) is 8.49. The molecular formula is C27H22ClN5O3. The Morgan fingerprint density at radius 1 is 0.944 bits per heavy atom. The Labute approximate surface area is 212 Å². The van der Waals surface area contributed by atoms with Gasteiger partial charge < -0.3 is 16.4 Å². The van der Waals surface area contributed by atoms with Gasteiger partial charge in [-0.05, 0) is 66.9 Å². The fourth-order valence-corrected chi connectivity index (χ4v) is 4.66. The van der Waals surface area contributed by atoms with Crippen molar-refractivity contribution >= 4 is 40.7 Å². The predicted octanol–water partition coefficient (Wildman–Crippen LogP) is 4.60. The second-order valence-corrected chi connectivity index (χ2v) is 8.89.